The van der Waals surface area contributed by atoms with Crippen molar-refractivity contribution >= 4 is 17.8 Å². The van der Waals surface area contributed by atoms with Crippen LogP contribution in [-0.2, 0) is 14.4 Å². The maximum absolute atomic E-state index is 12.0. The molecule has 1 rings (SSSR count). The summed E-state index contributed by atoms with van der Waals surface area (Å²) in [4.78, 5) is 33.7. The number of hydrogen-bond acceptors (Lipinski definition) is 4. The summed E-state index contributed by atoms with van der Waals surface area (Å²) in [5.74, 6) is -2.43. The average Bonchev–Trinajstić information content (AvgIpc) is 2.28. The van der Waals surface area contributed by atoms with Crippen LogP contribution in [0.2, 0.25) is 0 Å². The number of hydrogen-bond donors (Lipinski definition) is 4. The van der Waals surface area contributed by atoms with Crippen LogP contribution < -0.4 is 16.4 Å². The number of amides is 2. The summed E-state index contributed by atoms with van der Waals surface area (Å²) in [5, 5.41) is 14.3. The van der Waals surface area contributed by atoms with E-state index in [2.05, 4.69) is 10.6 Å². The van der Waals surface area contributed by atoms with Gasteiger partial charge in [-0.2, -0.15) is 0 Å². The Morgan fingerprint density at radius 3 is 2.56 bits per heavy atom. The van der Waals surface area contributed by atoms with Gasteiger partial charge >= 0.3 is 5.97 Å². The number of carbonyl (C=O) groups excluding carboxylic acids is 2. The summed E-state index contributed by atoms with van der Waals surface area (Å²) in [6.07, 6.45) is 2.13. The quantitative estimate of drug-likeness (QED) is 0.501. The van der Waals surface area contributed by atoms with Crippen LogP contribution in [0.25, 0.3) is 0 Å². The molecule has 0 radical (unpaired) electrons. The molecule has 0 aliphatic carbocycles. The molecule has 1 aliphatic rings. The summed E-state index contributed by atoms with van der Waals surface area (Å²) in [6.45, 7) is 2.45. The van der Waals surface area contributed by atoms with Crippen LogP contribution in [0, 0.1) is 0 Å². The molecule has 0 aromatic carbocycles. The van der Waals surface area contributed by atoms with E-state index in [-0.39, 0.29) is 0 Å². The maximum Gasteiger partial charge on any atom is 0.326 e. The molecule has 2 atom stereocenters. The number of carbonyl (C=O) groups is 3. The van der Waals surface area contributed by atoms with Crippen molar-refractivity contribution in [1.29, 1.82) is 0 Å². The lowest BCUT2D eigenvalue weighted by Gasteiger charge is -2.34. The first-order valence-electron chi connectivity index (χ1n) is 5.92. The van der Waals surface area contributed by atoms with E-state index in [0.717, 1.165) is 19.4 Å². The summed E-state index contributed by atoms with van der Waals surface area (Å²) < 4.78 is 0. The van der Waals surface area contributed by atoms with Crippen LogP contribution >= 0.6 is 0 Å². The molecule has 5 N–H and O–H groups in total. The Morgan fingerprint density at radius 2 is 2.11 bits per heavy atom. The Labute approximate surface area is 105 Å². The highest BCUT2D eigenvalue weighted by Gasteiger charge is 2.36. The van der Waals surface area contributed by atoms with Crippen molar-refractivity contribution < 1.29 is 19.5 Å². The molecule has 2 amide bonds. The highest BCUT2D eigenvalue weighted by molar-refractivity contribution is 5.92. The van der Waals surface area contributed by atoms with Crippen LogP contribution in [0.3, 0.4) is 0 Å². The van der Waals surface area contributed by atoms with Crippen LogP contribution in [0.1, 0.15) is 32.6 Å². The molecular formula is C11H19N3O4. The lowest BCUT2D eigenvalue weighted by Crippen LogP contribution is -2.60. The number of aliphatic carboxylic acids is 1. The summed E-state index contributed by atoms with van der Waals surface area (Å²) in [7, 11) is 0. The molecule has 1 fully saturated rings. The molecule has 1 unspecified atom stereocenters. The molecule has 1 heterocycles. The number of nitrogens with two attached hydrogens (primary N) is 1. The van der Waals surface area contributed by atoms with Gasteiger partial charge < -0.3 is 21.5 Å². The molecule has 102 valence electrons. The summed E-state index contributed by atoms with van der Waals surface area (Å²) in [6, 6.07) is -1.27. The molecule has 0 aromatic rings. The Bertz CT molecular complexity index is 350. The van der Waals surface area contributed by atoms with E-state index in [1.54, 1.807) is 6.92 Å². The van der Waals surface area contributed by atoms with Gasteiger partial charge in [0.25, 0.3) is 0 Å². The van der Waals surface area contributed by atoms with Crippen molar-refractivity contribution in [1.82, 2.24) is 10.6 Å². The topological polar surface area (TPSA) is 122 Å². The minimum atomic E-state index is -1.27. The van der Waals surface area contributed by atoms with Crippen molar-refractivity contribution in [3.63, 3.8) is 0 Å². The third-order valence-corrected chi connectivity index (χ3v) is 3.13. The molecule has 18 heavy (non-hydrogen) atoms. The molecule has 0 spiro atoms. The number of nitrogens with one attached hydrogen (secondary N) is 2. The van der Waals surface area contributed by atoms with Gasteiger partial charge in [-0.3, -0.25) is 9.59 Å². The van der Waals surface area contributed by atoms with E-state index in [1.807, 2.05) is 0 Å². The Hall–Kier alpha value is -1.63. The molecule has 1 saturated heterocycles. The molecule has 1 aliphatic heterocycles. The van der Waals surface area contributed by atoms with Gasteiger partial charge in [0.2, 0.25) is 11.8 Å². The lowest BCUT2D eigenvalue weighted by molar-refractivity contribution is -0.144. The molecule has 7 heteroatoms. The van der Waals surface area contributed by atoms with Gasteiger partial charge in [0.1, 0.15) is 6.04 Å². The van der Waals surface area contributed by atoms with E-state index in [9.17, 15) is 14.4 Å². The maximum atomic E-state index is 12.0. The summed E-state index contributed by atoms with van der Waals surface area (Å²) in [5.41, 5.74) is 4.17. The fraction of sp³-hybridized carbons (Fsp3) is 0.727. The zero-order valence-corrected chi connectivity index (χ0v) is 10.4. The monoisotopic (exact) mass is 257 g/mol. The van der Waals surface area contributed by atoms with Gasteiger partial charge in [0.15, 0.2) is 0 Å². The van der Waals surface area contributed by atoms with Gasteiger partial charge in [-0.05, 0) is 32.7 Å². The number of piperidine rings is 1. The first-order chi connectivity index (χ1) is 8.35. The van der Waals surface area contributed by atoms with Gasteiger partial charge in [-0.25, -0.2) is 4.79 Å². The molecule has 0 saturated carbocycles. The first kappa shape index (κ1) is 14.4. The minimum Gasteiger partial charge on any atom is -0.480 e. The van der Waals surface area contributed by atoms with Crippen molar-refractivity contribution in [2.24, 2.45) is 5.73 Å². The predicted octanol–water partition coefficient (Wildman–Crippen LogP) is -1.04. The van der Waals surface area contributed by atoms with Gasteiger partial charge in [0.05, 0.1) is 12.0 Å². The number of carboxylic acid groups (broad SMARTS) is 1. The Balaban J connectivity index is 2.65. The van der Waals surface area contributed by atoms with Crippen molar-refractivity contribution in [2.75, 3.05) is 6.54 Å². The fourth-order valence-corrected chi connectivity index (χ4v) is 1.97. The Morgan fingerprint density at radius 1 is 1.44 bits per heavy atom. The van der Waals surface area contributed by atoms with Crippen LogP contribution in [-0.4, -0.2) is 41.0 Å². The zero-order chi connectivity index (χ0) is 13.8. The van der Waals surface area contributed by atoms with E-state index in [4.69, 9.17) is 10.8 Å². The zero-order valence-electron chi connectivity index (χ0n) is 10.4. The third-order valence-electron chi connectivity index (χ3n) is 3.13. The van der Waals surface area contributed by atoms with E-state index < -0.39 is 35.8 Å². The smallest absolute Gasteiger partial charge is 0.326 e. The van der Waals surface area contributed by atoms with Crippen LogP contribution in [0.5, 0.6) is 0 Å². The lowest BCUT2D eigenvalue weighted by atomic mass is 9.89. The molecule has 0 aromatic heterocycles. The predicted molar refractivity (Wildman–Crippen MR) is 63.6 cm³/mol. The number of primary amides is 1. The van der Waals surface area contributed by atoms with Crippen LogP contribution in [0.15, 0.2) is 0 Å². The van der Waals surface area contributed by atoms with Crippen molar-refractivity contribution in [2.45, 2.75) is 44.2 Å². The van der Waals surface area contributed by atoms with Gasteiger partial charge in [-0.1, -0.05) is 0 Å². The van der Waals surface area contributed by atoms with E-state index in [0.29, 0.717) is 6.42 Å². The summed E-state index contributed by atoms with van der Waals surface area (Å²) >= 11 is 0. The second-order valence-corrected chi connectivity index (χ2v) is 4.75. The highest BCUT2D eigenvalue weighted by Crippen LogP contribution is 2.19. The minimum absolute atomic E-state index is 0.406. The van der Waals surface area contributed by atoms with E-state index >= 15 is 0 Å². The fourth-order valence-electron chi connectivity index (χ4n) is 1.97. The molecule has 7 nitrogen and oxygen atoms in total. The standard InChI is InChI=1S/C11H19N3O4/c1-11(4-2-3-5-13-11)10(18)14-7(9(16)17)6-8(12)15/h7,13H,2-6H2,1H3,(H2,12,15)(H,14,18)(H,16,17)/t7-,11?/m1/s1. The SMILES string of the molecule is CC1(C(=O)N[C@H](CC(N)=O)C(=O)O)CCCCN1. The molecule has 0 bridgehead atoms. The number of rotatable bonds is 5. The average molecular weight is 257 g/mol. The number of carboxylic acids is 1. The van der Waals surface area contributed by atoms with E-state index in [1.165, 1.54) is 0 Å². The first-order valence-corrected chi connectivity index (χ1v) is 5.92. The normalized spacial score (nSPS) is 25.2. The Kier molecular flexibility index (Phi) is 4.66. The van der Waals surface area contributed by atoms with Crippen molar-refractivity contribution in [3.8, 4) is 0 Å². The van der Waals surface area contributed by atoms with Gasteiger partial charge in [0, 0.05) is 0 Å². The third kappa shape index (κ3) is 3.69. The molecular weight excluding hydrogens is 238 g/mol. The second kappa shape index (κ2) is 5.81. The second-order valence-electron chi connectivity index (χ2n) is 4.75. The van der Waals surface area contributed by atoms with Crippen LogP contribution in [0.4, 0.5) is 0 Å². The largest absolute Gasteiger partial charge is 0.480 e. The van der Waals surface area contributed by atoms with Gasteiger partial charge in [-0.15, -0.1) is 0 Å². The highest BCUT2D eigenvalue weighted by atomic mass is 16.4. The van der Waals surface area contributed by atoms with Crippen molar-refractivity contribution in [3.05, 3.63) is 0 Å².